The van der Waals surface area contributed by atoms with Gasteiger partial charge in [-0.2, -0.15) is 0 Å². The first kappa shape index (κ1) is 62.8. The summed E-state index contributed by atoms with van der Waals surface area (Å²) in [4.78, 5) is 36.1. The van der Waals surface area contributed by atoms with Gasteiger partial charge in [-0.15, -0.1) is 0 Å². The molecule has 0 aromatic heterocycles. The Hall–Kier alpha value is -1.31. The third kappa shape index (κ3) is 48.2. The number of carbonyl (C=O) groups is 3. The minimum atomic E-state index is -0.705. The van der Waals surface area contributed by atoms with E-state index in [0.717, 1.165) is 161 Å². The zero-order valence-corrected chi connectivity index (χ0v) is 43.6. The molecule has 0 aliphatic rings. The van der Waals surface area contributed by atoms with Gasteiger partial charge in [-0.25, -0.2) is 0 Å². The number of hydrogen-bond donors (Lipinski definition) is 2. The van der Waals surface area contributed by atoms with Crippen LogP contribution < -0.4 is 0 Å². The van der Waals surface area contributed by atoms with Gasteiger partial charge in [-0.05, 0) is 96.3 Å². The van der Waals surface area contributed by atoms with Crippen molar-refractivity contribution >= 4 is 17.9 Å². The summed E-state index contributed by atoms with van der Waals surface area (Å²) in [7, 11) is 0. The summed E-state index contributed by atoms with van der Waals surface area (Å²) in [5.74, 6) is -0.803. The van der Waals surface area contributed by atoms with Gasteiger partial charge in [0, 0.05) is 64.8 Å². The Morgan fingerprint density at radius 3 is 1.11 bits per heavy atom. The van der Waals surface area contributed by atoms with Gasteiger partial charge >= 0.3 is 17.9 Å². The summed E-state index contributed by atoms with van der Waals surface area (Å²) in [6, 6.07) is 0. The number of aliphatic hydroxyl groups is 1. The quantitative estimate of drug-likeness (QED) is 0.0355. The zero-order valence-electron chi connectivity index (χ0n) is 40.8. The van der Waals surface area contributed by atoms with Crippen LogP contribution in [0.4, 0.5) is 0 Å². The van der Waals surface area contributed by atoms with Crippen molar-refractivity contribution in [2.45, 2.75) is 289 Å². The van der Waals surface area contributed by atoms with Crippen LogP contribution in [0.5, 0.6) is 0 Å². The number of carbonyl (C=O) groups excluding carboxylic acids is 2. The summed E-state index contributed by atoms with van der Waals surface area (Å²) in [5, 5.41) is 18.9. The number of ether oxygens (including phenoxy) is 2. The van der Waals surface area contributed by atoms with E-state index >= 15 is 0 Å². The predicted octanol–water partition coefficient (Wildman–Crippen LogP) is 16.2. The monoisotopic (exact) mass is 948 g/mol. The third-order valence-corrected chi connectivity index (χ3v) is 11.7. The van der Waals surface area contributed by atoms with Crippen LogP contribution in [0.3, 0.4) is 0 Å². The second-order valence-corrected chi connectivity index (χ2v) is 17.9. The van der Waals surface area contributed by atoms with E-state index in [0.29, 0.717) is 12.8 Å². The Morgan fingerprint density at radius 1 is 0.403 bits per heavy atom. The molecular weight excluding hydrogens is 849 g/mol. The van der Waals surface area contributed by atoms with E-state index in [1.165, 1.54) is 70.6 Å². The number of rotatable bonds is 47. The molecule has 0 saturated carbocycles. The molecule has 0 fully saturated rings. The van der Waals surface area contributed by atoms with Gasteiger partial charge in [0.25, 0.3) is 0 Å². The van der Waals surface area contributed by atoms with Crippen molar-refractivity contribution in [1.29, 1.82) is 0 Å². The third-order valence-electron chi connectivity index (χ3n) is 11.7. The van der Waals surface area contributed by atoms with Gasteiger partial charge in [-0.3, -0.25) is 14.4 Å². The summed E-state index contributed by atoms with van der Waals surface area (Å²) in [5.41, 5.74) is 0. The van der Waals surface area contributed by atoms with E-state index in [1.807, 2.05) is 0 Å². The topological polar surface area (TPSA) is 110 Å². The number of allylic oxidation sites excluding steroid dienone is 3. The molecular formula is C54H98O7Y. The fourth-order valence-electron chi connectivity index (χ4n) is 7.76. The molecule has 0 aromatic rings. The van der Waals surface area contributed by atoms with Crippen LogP contribution in [0, 0.1) is 0 Å². The molecule has 0 aromatic carbocycles. The van der Waals surface area contributed by atoms with Crippen LogP contribution >= 0.6 is 0 Å². The number of carboxylic acid groups (broad SMARTS) is 1. The van der Waals surface area contributed by atoms with Crippen LogP contribution in [0.15, 0.2) is 36.5 Å². The van der Waals surface area contributed by atoms with Crippen molar-refractivity contribution in [3.63, 3.8) is 0 Å². The fraction of sp³-hybridized carbons (Fsp3) is 0.833. The molecule has 7 nitrogen and oxygen atoms in total. The van der Waals surface area contributed by atoms with Gasteiger partial charge in [0.15, 0.2) is 0 Å². The fourth-order valence-corrected chi connectivity index (χ4v) is 7.76. The van der Waals surface area contributed by atoms with Gasteiger partial charge in [0.05, 0.1) is 6.10 Å². The van der Waals surface area contributed by atoms with Crippen molar-refractivity contribution in [3.8, 4) is 0 Å². The minimum Gasteiger partial charge on any atom is -0.481 e. The first-order chi connectivity index (χ1) is 29.8. The van der Waals surface area contributed by atoms with Gasteiger partial charge in [-0.1, -0.05) is 179 Å². The van der Waals surface area contributed by atoms with Crippen molar-refractivity contribution in [2.75, 3.05) is 0 Å². The molecule has 3 unspecified atom stereocenters. The largest absolute Gasteiger partial charge is 0.481 e. The Morgan fingerprint density at radius 2 is 0.726 bits per heavy atom. The van der Waals surface area contributed by atoms with Crippen LogP contribution in [0.1, 0.15) is 271 Å². The van der Waals surface area contributed by atoms with E-state index in [-0.39, 0.29) is 69.4 Å². The second kappa shape index (κ2) is 50.7. The van der Waals surface area contributed by atoms with Crippen LogP contribution in [0.25, 0.3) is 0 Å². The Kier molecular flexibility index (Phi) is 51.3. The maximum absolute atomic E-state index is 12.7. The van der Waals surface area contributed by atoms with Crippen molar-refractivity contribution < 1.29 is 66.8 Å². The molecule has 0 amide bonds. The molecule has 0 rings (SSSR count). The van der Waals surface area contributed by atoms with E-state index in [4.69, 9.17) is 14.6 Å². The smallest absolute Gasteiger partial charge is 0.306 e. The van der Waals surface area contributed by atoms with E-state index in [1.54, 1.807) is 0 Å². The maximum Gasteiger partial charge on any atom is 0.306 e. The van der Waals surface area contributed by atoms with E-state index < -0.39 is 5.97 Å². The molecule has 1 radical (unpaired) electrons. The molecule has 3 atom stereocenters. The molecule has 62 heavy (non-hydrogen) atoms. The average molecular weight is 948 g/mol. The number of hydrogen-bond acceptors (Lipinski definition) is 6. The summed E-state index contributed by atoms with van der Waals surface area (Å²) >= 11 is 0. The number of carboxylic acids is 1. The predicted molar refractivity (Wildman–Crippen MR) is 258 cm³/mol. The minimum absolute atomic E-state index is 0. The van der Waals surface area contributed by atoms with E-state index in [2.05, 4.69) is 57.2 Å². The number of aliphatic carboxylic acids is 1. The van der Waals surface area contributed by atoms with Crippen molar-refractivity contribution in [3.05, 3.63) is 36.5 Å². The standard InChI is InChI=1S/C54H98O7.Y/c1-4-7-10-31-40-49(55)41-32-25-19-13-17-23-29-38-47-53(58)61-51(43-34-12-9-6-3)45-36-27-21-15-18-24-30-39-48-54(59)60-50(42-33-11-8-5-2)44-35-26-20-14-16-22-28-37-46-52(56)57;/h25-27,32,35-36,49-51,55H,4-24,28-31,33-34,37-48H2,1-3H3,(H,56,57);/b32-25-,35-26-,36-27-;. The molecule has 0 heterocycles. The van der Waals surface area contributed by atoms with Crippen molar-refractivity contribution in [1.82, 2.24) is 0 Å². The Balaban J connectivity index is 0. The second-order valence-electron chi connectivity index (χ2n) is 17.9. The normalized spacial score (nSPS) is 13.2. The zero-order chi connectivity index (χ0) is 44.7. The molecule has 359 valence electrons. The average Bonchev–Trinajstić information content (AvgIpc) is 3.24. The Bertz CT molecular complexity index is 1070. The van der Waals surface area contributed by atoms with Gasteiger partial charge in [0.1, 0.15) is 12.2 Å². The molecule has 0 aliphatic heterocycles. The van der Waals surface area contributed by atoms with Crippen LogP contribution in [-0.4, -0.2) is 46.4 Å². The number of esters is 2. The SMILES string of the molecule is CCCCCCC(O)C/C=C\CCCCCCCC(=O)OC(C/C=C\CCCCCCCC(=O)OC(C/C=C\CCCCCCCC(=O)O)CCCCCC)CCCCCC.[Y]. The van der Waals surface area contributed by atoms with Gasteiger partial charge in [0.2, 0.25) is 0 Å². The molecule has 2 N–H and O–H groups in total. The van der Waals surface area contributed by atoms with E-state index in [9.17, 15) is 19.5 Å². The molecule has 0 aliphatic carbocycles. The Labute approximate surface area is 408 Å². The summed E-state index contributed by atoms with van der Waals surface area (Å²) in [6.45, 7) is 6.65. The van der Waals surface area contributed by atoms with Crippen molar-refractivity contribution in [2.24, 2.45) is 0 Å². The first-order valence-electron chi connectivity index (χ1n) is 26.1. The van der Waals surface area contributed by atoms with Gasteiger partial charge < -0.3 is 19.7 Å². The molecule has 0 bridgehead atoms. The molecule has 0 spiro atoms. The summed E-state index contributed by atoms with van der Waals surface area (Å²) < 4.78 is 11.9. The number of aliphatic hydroxyl groups excluding tert-OH is 1. The summed E-state index contributed by atoms with van der Waals surface area (Å²) in [6.07, 6.45) is 52.8. The molecule has 8 heteroatoms. The molecule has 0 saturated heterocycles. The van der Waals surface area contributed by atoms with Crippen LogP contribution in [0.2, 0.25) is 0 Å². The first-order valence-corrected chi connectivity index (χ1v) is 26.1. The maximum atomic E-state index is 12.7. The number of unbranched alkanes of at least 4 members (excludes halogenated alkanes) is 24. The van der Waals surface area contributed by atoms with Crippen LogP contribution in [-0.2, 0) is 56.6 Å².